The summed E-state index contributed by atoms with van der Waals surface area (Å²) in [7, 11) is 0. The van der Waals surface area contributed by atoms with Crippen molar-refractivity contribution in [2.45, 2.75) is 13.0 Å². The first-order valence-corrected chi connectivity index (χ1v) is 11.8. The molecule has 2 bridgehead atoms. The Morgan fingerprint density at radius 1 is 0.971 bits per heavy atom. The molecule has 2 aromatic carbocycles. The van der Waals surface area contributed by atoms with E-state index >= 15 is 0 Å². The van der Waals surface area contributed by atoms with Crippen molar-refractivity contribution in [3.05, 3.63) is 83.6 Å². The third-order valence-corrected chi connectivity index (χ3v) is 8.25. The first-order chi connectivity index (χ1) is 16.7. The number of carbonyl (C=O) groups is 2. The van der Waals surface area contributed by atoms with Crippen molar-refractivity contribution in [1.82, 2.24) is 9.58 Å². The molecule has 3 fully saturated rings. The molecule has 0 unspecified atom stereocenters. The summed E-state index contributed by atoms with van der Waals surface area (Å²) in [4.78, 5) is 26.5. The molecule has 2 saturated carbocycles. The number of amides is 2. The molecule has 2 heterocycles. The fourth-order valence-corrected chi connectivity index (χ4v) is 6.63. The van der Waals surface area contributed by atoms with Crippen LogP contribution in [0.25, 0.3) is 10.9 Å². The molecule has 34 heavy (non-hydrogen) atoms. The van der Waals surface area contributed by atoms with Gasteiger partial charge in [0.1, 0.15) is 0 Å². The second-order valence-electron chi connectivity index (χ2n) is 9.89. The molecule has 3 aromatic rings. The normalized spacial score (nSPS) is 30.7. The zero-order valence-corrected chi connectivity index (χ0v) is 18.4. The fourth-order valence-electron chi connectivity index (χ4n) is 6.63. The molecule has 4 aliphatic carbocycles. The fraction of sp³-hybridized carbons (Fsp3) is 0.286. The lowest BCUT2D eigenvalue weighted by molar-refractivity contribution is -0.140. The van der Waals surface area contributed by atoms with E-state index in [2.05, 4.69) is 27.9 Å². The standard InChI is InChI=1S/C28H22N4O2/c29-12-16-5-1-2-6-17(16)14-31-15-18(19-7-3-4-8-24(19)31)13-30-32-27(33)25-20-9-10-21(23-11-22(20)23)26(25)28(32)34/h1-10,13,15,20-23,25-26H,11,14H2/t20-,21-,22-,23-,25+,26+/m0/s1. The van der Waals surface area contributed by atoms with Gasteiger partial charge in [-0.1, -0.05) is 48.6 Å². The quantitative estimate of drug-likeness (QED) is 0.346. The van der Waals surface area contributed by atoms with Gasteiger partial charge in [0.05, 0.1) is 29.7 Å². The second kappa shape index (κ2) is 7.01. The molecule has 0 N–H and O–H groups in total. The summed E-state index contributed by atoms with van der Waals surface area (Å²) in [5.41, 5.74) is 3.42. The number of hydrogen-bond acceptors (Lipinski definition) is 4. The van der Waals surface area contributed by atoms with Crippen LogP contribution < -0.4 is 0 Å². The number of benzene rings is 2. The molecule has 5 aliphatic rings. The smallest absolute Gasteiger partial charge is 0.254 e. The lowest BCUT2D eigenvalue weighted by atomic mass is 9.63. The molecule has 1 aromatic heterocycles. The van der Waals surface area contributed by atoms with E-state index in [4.69, 9.17) is 0 Å². The van der Waals surface area contributed by atoms with Gasteiger partial charge in [0.2, 0.25) is 0 Å². The lowest BCUT2D eigenvalue weighted by Crippen LogP contribution is -2.40. The van der Waals surface area contributed by atoms with Crippen LogP contribution in [-0.2, 0) is 16.1 Å². The molecule has 1 aliphatic heterocycles. The minimum absolute atomic E-state index is 0.150. The van der Waals surface area contributed by atoms with Gasteiger partial charge < -0.3 is 4.57 Å². The van der Waals surface area contributed by atoms with Crippen LogP contribution in [0.1, 0.15) is 23.1 Å². The molecule has 8 rings (SSSR count). The predicted octanol–water partition coefficient (Wildman–Crippen LogP) is 3.95. The highest BCUT2D eigenvalue weighted by atomic mass is 16.2. The number of nitrogens with zero attached hydrogens (tertiary/aromatic N) is 4. The number of hydrogen-bond donors (Lipinski definition) is 0. The first kappa shape index (κ1) is 19.5. The Hall–Kier alpha value is -3.98. The van der Waals surface area contributed by atoms with E-state index in [1.165, 1.54) is 0 Å². The van der Waals surface area contributed by atoms with Crippen molar-refractivity contribution < 1.29 is 9.59 Å². The van der Waals surface area contributed by atoms with Gasteiger partial charge in [0.25, 0.3) is 11.8 Å². The third-order valence-electron chi connectivity index (χ3n) is 8.25. The maximum absolute atomic E-state index is 13.2. The van der Waals surface area contributed by atoms with Gasteiger partial charge in [-0.3, -0.25) is 9.59 Å². The van der Waals surface area contributed by atoms with Crippen LogP contribution >= 0.6 is 0 Å². The molecule has 6 heteroatoms. The van der Waals surface area contributed by atoms with E-state index in [1.807, 2.05) is 54.7 Å². The Morgan fingerprint density at radius 3 is 2.38 bits per heavy atom. The monoisotopic (exact) mass is 446 g/mol. The Labute approximate surface area is 196 Å². The van der Waals surface area contributed by atoms with E-state index in [-0.39, 0.29) is 35.5 Å². The van der Waals surface area contributed by atoms with Gasteiger partial charge in [-0.25, -0.2) is 0 Å². The van der Waals surface area contributed by atoms with E-state index in [0.29, 0.717) is 23.9 Å². The van der Waals surface area contributed by atoms with E-state index in [1.54, 1.807) is 6.21 Å². The molecule has 166 valence electrons. The van der Waals surface area contributed by atoms with E-state index < -0.39 is 0 Å². The summed E-state index contributed by atoms with van der Waals surface area (Å²) < 4.78 is 2.08. The van der Waals surface area contributed by atoms with Crippen LogP contribution in [0.3, 0.4) is 0 Å². The van der Waals surface area contributed by atoms with Gasteiger partial charge in [-0.2, -0.15) is 15.4 Å². The van der Waals surface area contributed by atoms with Crippen molar-refractivity contribution in [1.29, 1.82) is 5.26 Å². The minimum Gasteiger partial charge on any atom is -0.342 e. The van der Waals surface area contributed by atoms with Crippen LogP contribution in [0.5, 0.6) is 0 Å². The Bertz CT molecular complexity index is 1440. The topological polar surface area (TPSA) is 78.5 Å². The van der Waals surface area contributed by atoms with Gasteiger partial charge in [-0.15, -0.1) is 0 Å². The van der Waals surface area contributed by atoms with Crippen LogP contribution in [0.15, 0.2) is 72.0 Å². The highest BCUT2D eigenvalue weighted by Gasteiger charge is 2.67. The highest BCUT2D eigenvalue weighted by Crippen LogP contribution is 2.65. The van der Waals surface area contributed by atoms with E-state index in [9.17, 15) is 14.9 Å². The van der Waals surface area contributed by atoms with Crippen molar-refractivity contribution in [3.8, 4) is 6.07 Å². The zero-order chi connectivity index (χ0) is 23.0. The number of fused-ring (bicyclic) bond motifs is 1. The molecular weight excluding hydrogens is 424 g/mol. The molecule has 2 amide bonds. The van der Waals surface area contributed by atoms with Crippen molar-refractivity contribution in [3.63, 3.8) is 0 Å². The molecule has 1 saturated heterocycles. The van der Waals surface area contributed by atoms with Crippen molar-refractivity contribution in [2.75, 3.05) is 0 Å². The molecule has 0 radical (unpaired) electrons. The number of para-hydroxylation sites is 1. The van der Waals surface area contributed by atoms with Gasteiger partial charge in [0.15, 0.2) is 0 Å². The van der Waals surface area contributed by atoms with Crippen LogP contribution in [0.2, 0.25) is 0 Å². The zero-order valence-electron chi connectivity index (χ0n) is 18.4. The van der Waals surface area contributed by atoms with Crippen LogP contribution in [0.4, 0.5) is 0 Å². The summed E-state index contributed by atoms with van der Waals surface area (Å²) >= 11 is 0. The SMILES string of the molecule is N#Cc1ccccc1Cn1cc(C=NN2C(=O)[C@@H]3[C@H]4C=C[C@@H]([C@@H]5C[C@@H]45)[C@H]3C2=O)c2ccccc21. The number of hydrazone groups is 1. The number of nitriles is 1. The Kier molecular flexibility index (Phi) is 4.02. The van der Waals surface area contributed by atoms with Crippen molar-refractivity contribution in [2.24, 2.45) is 40.6 Å². The Morgan fingerprint density at radius 2 is 1.65 bits per heavy atom. The largest absolute Gasteiger partial charge is 0.342 e. The average Bonchev–Trinajstić information content (AvgIpc) is 3.58. The first-order valence-electron chi connectivity index (χ1n) is 11.8. The predicted molar refractivity (Wildman–Crippen MR) is 126 cm³/mol. The van der Waals surface area contributed by atoms with Gasteiger partial charge >= 0.3 is 0 Å². The molecule has 6 nitrogen and oxygen atoms in total. The summed E-state index contributed by atoms with van der Waals surface area (Å²) in [5, 5.41) is 16.0. The van der Waals surface area contributed by atoms with Crippen molar-refractivity contribution >= 4 is 28.9 Å². The number of imide groups is 1. The Balaban J connectivity index is 1.22. The molecule has 0 spiro atoms. The van der Waals surface area contributed by atoms with Crippen LogP contribution in [-0.4, -0.2) is 27.6 Å². The summed E-state index contributed by atoms with van der Waals surface area (Å²) in [6, 6.07) is 17.8. The van der Waals surface area contributed by atoms with Gasteiger partial charge in [-0.05, 0) is 47.8 Å². The molecule has 6 atom stereocenters. The average molecular weight is 447 g/mol. The summed E-state index contributed by atoms with van der Waals surface area (Å²) in [6.07, 6.45) is 9.10. The summed E-state index contributed by atoms with van der Waals surface area (Å²) in [6.45, 7) is 0.543. The number of carbonyl (C=O) groups excluding carboxylic acids is 2. The number of allylic oxidation sites excluding steroid dienone is 2. The number of rotatable bonds is 4. The summed E-state index contributed by atoms with van der Waals surface area (Å²) in [5.74, 6) is 0.750. The highest BCUT2D eigenvalue weighted by molar-refractivity contribution is 6.07. The maximum atomic E-state index is 13.2. The van der Waals surface area contributed by atoms with Crippen LogP contribution in [0, 0.1) is 46.8 Å². The van der Waals surface area contributed by atoms with E-state index in [0.717, 1.165) is 33.5 Å². The molecular formula is C28H22N4O2. The van der Waals surface area contributed by atoms with Gasteiger partial charge in [0, 0.05) is 29.2 Å². The second-order valence-corrected chi connectivity index (χ2v) is 9.89. The number of aromatic nitrogens is 1. The lowest BCUT2D eigenvalue weighted by Gasteiger charge is -2.37. The third kappa shape index (κ3) is 2.64. The maximum Gasteiger partial charge on any atom is 0.254 e. The minimum atomic E-state index is -0.243.